The number of nitrogens with zero attached hydrogens (tertiary/aromatic N) is 2. The molecule has 6 heteroatoms. The largest absolute Gasteiger partial charge is 0.371 e. The van der Waals surface area contributed by atoms with E-state index in [1.165, 1.54) is 6.08 Å². The van der Waals surface area contributed by atoms with Gasteiger partial charge in [0, 0.05) is 44.8 Å². The molecule has 0 bridgehead atoms. The van der Waals surface area contributed by atoms with Crippen molar-refractivity contribution in [1.82, 2.24) is 15.1 Å². The fraction of sp³-hybridized carbons (Fsp3) is 0.667. The Morgan fingerprint density at radius 2 is 2.00 bits per heavy atom. The van der Waals surface area contributed by atoms with Gasteiger partial charge in [-0.3, -0.25) is 9.69 Å². The first-order valence-electron chi connectivity index (χ1n) is 9.83. The molecule has 1 saturated heterocycles. The van der Waals surface area contributed by atoms with Crippen molar-refractivity contribution in [2.45, 2.75) is 51.4 Å². The Hall–Kier alpha value is -1.69. The second kappa shape index (κ2) is 11.9. The number of halogens is 2. The Balaban J connectivity index is 2.37. The average molecular weight is 384 g/mol. The minimum absolute atomic E-state index is 0.0341. The maximum atomic E-state index is 15.0. The molecule has 2 unspecified atom stereocenters. The highest BCUT2D eigenvalue weighted by Crippen LogP contribution is 2.29. The minimum Gasteiger partial charge on any atom is -0.371 e. The number of piperazine rings is 1. The molecule has 0 aromatic rings. The summed E-state index contributed by atoms with van der Waals surface area (Å²) < 4.78 is 29.0. The molecule has 0 radical (unpaired) electrons. The molecule has 27 heavy (non-hydrogen) atoms. The van der Waals surface area contributed by atoms with E-state index in [1.807, 2.05) is 6.92 Å². The van der Waals surface area contributed by atoms with Crippen LogP contribution < -0.4 is 5.32 Å². The highest BCUT2D eigenvalue weighted by molar-refractivity contribution is 5.86. The van der Waals surface area contributed by atoms with Crippen LogP contribution in [0.4, 0.5) is 8.78 Å². The SMILES string of the molecule is C=CC(=O)NCC(=C)N1CCN(CCC(F)(CC)CC(F)CC=CC)CC1. The molecule has 1 aliphatic rings. The van der Waals surface area contributed by atoms with Crippen LogP contribution in [-0.2, 0) is 4.79 Å². The quantitative estimate of drug-likeness (QED) is 0.413. The Labute approximate surface area is 163 Å². The summed E-state index contributed by atoms with van der Waals surface area (Å²) in [6.07, 6.45) is 4.61. The van der Waals surface area contributed by atoms with Crippen LogP contribution in [-0.4, -0.2) is 66.8 Å². The molecule has 0 saturated carbocycles. The van der Waals surface area contributed by atoms with Crippen molar-refractivity contribution < 1.29 is 13.6 Å². The molecule has 1 rings (SSSR count). The number of alkyl halides is 2. The Morgan fingerprint density at radius 3 is 2.56 bits per heavy atom. The maximum absolute atomic E-state index is 15.0. The van der Waals surface area contributed by atoms with E-state index in [-0.39, 0.29) is 18.7 Å². The summed E-state index contributed by atoms with van der Waals surface area (Å²) in [4.78, 5) is 15.6. The van der Waals surface area contributed by atoms with E-state index in [2.05, 4.69) is 28.3 Å². The first-order valence-corrected chi connectivity index (χ1v) is 9.83. The molecule has 4 nitrogen and oxygen atoms in total. The average Bonchev–Trinajstić information content (AvgIpc) is 2.69. The van der Waals surface area contributed by atoms with Gasteiger partial charge in [-0.15, -0.1) is 0 Å². The zero-order chi connectivity index (χ0) is 20.3. The van der Waals surface area contributed by atoms with Gasteiger partial charge in [-0.05, 0) is 32.3 Å². The normalized spacial score (nSPS) is 18.9. The van der Waals surface area contributed by atoms with E-state index in [9.17, 15) is 9.18 Å². The molecule has 0 aromatic heterocycles. The number of carbonyl (C=O) groups excluding carboxylic acids is 1. The number of hydrogen-bond donors (Lipinski definition) is 1. The Morgan fingerprint density at radius 1 is 1.33 bits per heavy atom. The zero-order valence-corrected chi connectivity index (χ0v) is 16.9. The van der Waals surface area contributed by atoms with E-state index in [0.29, 0.717) is 25.9 Å². The van der Waals surface area contributed by atoms with Crippen molar-refractivity contribution in [3.05, 3.63) is 37.1 Å². The lowest BCUT2D eigenvalue weighted by Crippen LogP contribution is -2.48. The topological polar surface area (TPSA) is 35.6 Å². The number of nitrogens with one attached hydrogen (secondary N) is 1. The van der Waals surface area contributed by atoms with Crippen LogP contribution in [0.2, 0.25) is 0 Å². The van der Waals surface area contributed by atoms with Gasteiger partial charge in [0.15, 0.2) is 0 Å². The third-order valence-corrected chi connectivity index (χ3v) is 5.20. The summed E-state index contributed by atoms with van der Waals surface area (Å²) in [6, 6.07) is 0. The van der Waals surface area contributed by atoms with Crippen molar-refractivity contribution in [3.8, 4) is 0 Å². The molecule has 2 atom stereocenters. The zero-order valence-electron chi connectivity index (χ0n) is 16.9. The second-order valence-electron chi connectivity index (χ2n) is 7.18. The number of hydrogen-bond acceptors (Lipinski definition) is 3. The molecule has 0 aromatic carbocycles. The van der Waals surface area contributed by atoms with Gasteiger partial charge in [-0.2, -0.15) is 0 Å². The summed E-state index contributed by atoms with van der Waals surface area (Å²) in [7, 11) is 0. The van der Waals surface area contributed by atoms with Gasteiger partial charge in [0.05, 0.1) is 6.54 Å². The lowest BCUT2D eigenvalue weighted by molar-refractivity contribution is -0.116. The summed E-state index contributed by atoms with van der Waals surface area (Å²) in [6.45, 7) is 15.3. The van der Waals surface area contributed by atoms with Crippen molar-refractivity contribution in [2.24, 2.45) is 0 Å². The van der Waals surface area contributed by atoms with Gasteiger partial charge in [0.1, 0.15) is 11.8 Å². The number of amides is 1. The monoisotopic (exact) mass is 383 g/mol. The third kappa shape index (κ3) is 8.69. The summed E-state index contributed by atoms with van der Waals surface area (Å²) in [5.41, 5.74) is -0.584. The summed E-state index contributed by atoms with van der Waals surface area (Å²) in [5, 5.41) is 2.72. The van der Waals surface area contributed by atoms with E-state index in [0.717, 1.165) is 31.9 Å². The van der Waals surface area contributed by atoms with Crippen LogP contribution in [0.3, 0.4) is 0 Å². The van der Waals surface area contributed by atoms with Crippen LogP contribution >= 0.6 is 0 Å². The van der Waals surface area contributed by atoms with Crippen LogP contribution in [0.1, 0.15) is 39.5 Å². The first-order chi connectivity index (χ1) is 12.8. The predicted molar refractivity (Wildman–Crippen MR) is 108 cm³/mol. The van der Waals surface area contributed by atoms with Crippen molar-refractivity contribution in [2.75, 3.05) is 39.3 Å². The van der Waals surface area contributed by atoms with Crippen LogP contribution in [0.15, 0.2) is 37.1 Å². The lowest BCUT2D eigenvalue weighted by Gasteiger charge is -2.38. The number of allylic oxidation sites excluding steroid dienone is 2. The molecule has 1 heterocycles. The summed E-state index contributed by atoms with van der Waals surface area (Å²) in [5.74, 6) is -0.214. The number of rotatable bonds is 12. The third-order valence-electron chi connectivity index (χ3n) is 5.20. The predicted octanol–water partition coefficient (Wildman–Crippen LogP) is 3.62. The molecule has 0 aliphatic carbocycles. The highest BCUT2D eigenvalue weighted by atomic mass is 19.2. The molecule has 1 aliphatic heterocycles. The van der Waals surface area contributed by atoms with E-state index in [4.69, 9.17) is 0 Å². The van der Waals surface area contributed by atoms with E-state index >= 15 is 4.39 Å². The molecule has 0 spiro atoms. The second-order valence-corrected chi connectivity index (χ2v) is 7.18. The molecule has 1 N–H and O–H groups in total. The van der Waals surface area contributed by atoms with E-state index in [1.54, 1.807) is 19.1 Å². The van der Waals surface area contributed by atoms with Crippen molar-refractivity contribution in [3.63, 3.8) is 0 Å². The van der Waals surface area contributed by atoms with Gasteiger partial charge in [0.2, 0.25) is 5.91 Å². The number of carbonyl (C=O) groups is 1. The first kappa shape index (κ1) is 23.3. The lowest BCUT2D eigenvalue weighted by atomic mass is 9.91. The van der Waals surface area contributed by atoms with Gasteiger partial charge >= 0.3 is 0 Å². The van der Waals surface area contributed by atoms with Crippen molar-refractivity contribution in [1.29, 1.82) is 0 Å². The Kier molecular flexibility index (Phi) is 10.3. The summed E-state index contributed by atoms with van der Waals surface area (Å²) >= 11 is 0. The van der Waals surface area contributed by atoms with Gasteiger partial charge in [-0.1, -0.05) is 32.2 Å². The molecule has 154 valence electrons. The Bertz CT molecular complexity index is 516. The smallest absolute Gasteiger partial charge is 0.243 e. The maximum Gasteiger partial charge on any atom is 0.243 e. The van der Waals surface area contributed by atoms with Crippen LogP contribution in [0, 0.1) is 0 Å². The van der Waals surface area contributed by atoms with Gasteiger partial charge in [-0.25, -0.2) is 8.78 Å². The van der Waals surface area contributed by atoms with Gasteiger partial charge < -0.3 is 10.2 Å². The highest BCUT2D eigenvalue weighted by Gasteiger charge is 2.32. The molecular weight excluding hydrogens is 348 g/mol. The van der Waals surface area contributed by atoms with Crippen LogP contribution in [0.25, 0.3) is 0 Å². The van der Waals surface area contributed by atoms with Crippen molar-refractivity contribution >= 4 is 5.91 Å². The van der Waals surface area contributed by atoms with Gasteiger partial charge in [0.25, 0.3) is 0 Å². The fourth-order valence-corrected chi connectivity index (χ4v) is 3.21. The standard InChI is InChI=1S/C21H35F2N3O/c1-5-8-9-19(22)16-21(23,7-3)10-11-25-12-14-26(15-13-25)18(4)17-24-20(27)6-2/h5-6,8,19H,2,4,7,9-17H2,1,3H3,(H,24,27). The molecule has 1 amide bonds. The molecular formula is C21H35F2N3O. The molecule has 1 fully saturated rings. The minimum atomic E-state index is -1.45. The fourth-order valence-electron chi connectivity index (χ4n) is 3.21. The van der Waals surface area contributed by atoms with Crippen LogP contribution in [0.5, 0.6) is 0 Å². The van der Waals surface area contributed by atoms with E-state index < -0.39 is 11.8 Å².